The van der Waals surface area contributed by atoms with Gasteiger partial charge in [-0.2, -0.15) is 0 Å². The van der Waals surface area contributed by atoms with Crippen LogP contribution in [0.1, 0.15) is 48.8 Å². The van der Waals surface area contributed by atoms with E-state index >= 15 is 0 Å². The van der Waals surface area contributed by atoms with Gasteiger partial charge < -0.3 is 14.5 Å². The fourth-order valence-corrected chi connectivity index (χ4v) is 3.67. The molecule has 1 amide bonds. The summed E-state index contributed by atoms with van der Waals surface area (Å²) in [6, 6.07) is 14.1. The van der Waals surface area contributed by atoms with E-state index in [4.69, 9.17) is 9.15 Å². The van der Waals surface area contributed by atoms with Crippen LogP contribution in [-0.4, -0.2) is 43.7 Å². The molecule has 3 rings (SSSR count). The number of carbonyl (C=O) groups excluding carboxylic acids is 1. The molecule has 1 aromatic heterocycles. The Labute approximate surface area is 161 Å². The van der Waals surface area contributed by atoms with Crippen LogP contribution in [0.25, 0.3) is 0 Å². The van der Waals surface area contributed by atoms with Gasteiger partial charge in [0.05, 0.1) is 25.2 Å². The van der Waals surface area contributed by atoms with Gasteiger partial charge in [0.1, 0.15) is 11.5 Å². The van der Waals surface area contributed by atoms with Crippen molar-refractivity contribution >= 4 is 5.91 Å². The zero-order valence-corrected chi connectivity index (χ0v) is 16.3. The molecule has 0 bridgehead atoms. The predicted octanol–water partition coefficient (Wildman–Crippen LogP) is 3.66. The third-order valence-corrected chi connectivity index (χ3v) is 5.14. The number of carbonyl (C=O) groups is 1. The molecule has 2 heterocycles. The van der Waals surface area contributed by atoms with E-state index in [0.717, 1.165) is 43.0 Å². The van der Waals surface area contributed by atoms with Crippen molar-refractivity contribution in [3.8, 4) is 0 Å². The third kappa shape index (κ3) is 5.21. The zero-order chi connectivity index (χ0) is 19.1. The SMILES string of the molecule is CCCC(C(=O)NCC(c1ccc(C)o1)N1CCOCC1)c1ccccc1. The molecule has 5 nitrogen and oxygen atoms in total. The minimum Gasteiger partial charge on any atom is -0.465 e. The average Bonchev–Trinajstić information content (AvgIpc) is 3.13. The molecule has 5 heteroatoms. The highest BCUT2D eigenvalue weighted by Crippen LogP contribution is 2.25. The normalized spacial score (nSPS) is 17.4. The van der Waals surface area contributed by atoms with E-state index in [2.05, 4.69) is 17.1 Å². The van der Waals surface area contributed by atoms with E-state index in [0.29, 0.717) is 19.8 Å². The molecule has 1 aliphatic heterocycles. The number of nitrogens with zero attached hydrogens (tertiary/aromatic N) is 1. The summed E-state index contributed by atoms with van der Waals surface area (Å²) in [4.78, 5) is 15.3. The number of hydrogen-bond acceptors (Lipinski definition) is 4. The van der Waals surface area contributed by atoms with Crippen molar-refractivity contribution in [2.75, 3.05) is 32.8 Å². The number of furan rings is 1. The van der Waals surface area contributed by atoms with Crippen LogP contribution in [0.2, 0.25) is 0 Å². The Bertz CT molecular complexity index is 707. The molecule has 0 spiro atoms. The molecule has 27 heavy (non-hydrogen) atoms. The van der Waals surface area contributed by atoms with Gasteiger partial charge in [0.25, 0.3) is 0 Å². The summed E-state index contributed by atoms with van der Waals surface area (Å²) in [5.41, 5.74) is 1.08. The average molecular weight is 370 g/mol. The van der Waals surface area contributed by atoms with E-state index in [1.807, 2.05) is 49.4 Å². The van der Waals surface area contributed by atoms with Gasteiger partial charge in [-0.25, -0.2) is 0 Å². The van der Waals surface area contributed by atoms with E-state index in [1.54, 1.807) is 0 Å². The van der Waals surface area contributed by atoms with Gasteiger partial charge in [0.2, 0.25) is 5.91 Å². The minimum atomic E-state index is -0.111. The molecule has 2 unspecified atom stereocenters. The molecule has 0 aliphatic carbocycles. The number of nitrogens with one attached hydrogen (secondary N) is 1. The molecule has 2 aromatic rings. The lowest BCUT2D eigenvalue weighted by atomic mass is 9.93. The fourth-order valence-electron chi connectivity index (χ4n) is 3.67. The molecule has 1 aliphatic rings. The summed E-state index contributed by atoms with van der Waals surface area (Å²) in [5.74, 6) is 1.77. The minimum absolute atomic E-state index is 0.0320. The van der Waals surface area contributed by atoms with Crippen LogP contribution in [0.4, 0.5) is 0 Å². The maximum atomic E-state index is 13.0. The second-order valence-corrected chi connectivity index (χ2v) is 7.11. The Balaban J connectivity index is 1.70. The van der Waals surface area contributed by atoms with Crippen molar-refractivity contribution in [1.29, 1.82) is 0 Å². The third-order valence-electron chi connectivity index (χ3n) is 5.14. The summed E-state index contributed by atoms with van der Waals surface area (Å²) >= 11 is 0. The second-order valence-electron chi connectivity index (χ2n) is 7.11. The van der Waals surface area contributed by atoms with Gasteiger partial charge in [-0.3, -0.25) is 9.69 Å². The van der Waals surface area contributed by atoms with Crippen molar-refractivity contribution in [2.45, 2.75) is 38.6 Å². The molecule has 1 aromatic carbocycles. The molecule has 0 saturated carbocycles. The van der Waals surface area contributed by atoms with Crippen LogP contribution in [0, 0.1) is 6.92 Å². The lowest BCUT2D eigenvalue weighted by molar-refractivity contribution is -0.123. The Kier molecular flexibility index (Phi) is 7.07. The topological polar surface area (TPSA) is 54.7 Å². The fraction of sp³-hybridized carbons (Fsp3) is 0.500. The lowest BCUT2D eigenvalue weighted by Gasteiger charge is -2.33. The van der Waals surface area contributed by atoms with Crippen molar-refractivity contribution in [1.82, 2.24) is 10.2 Å². The van der Waals surface area contributed by atoms with Crippen LogP contribution in [0.15, 0.2) is 46.9 Å². The van der Waals surface area contributed by atoms with Crippen molar-refractivity contribution in [3.63, 3.8) is 0 Å². The maximum Gasteiger partial charge on any atom is 0.227 e. The molecular weight excluding hydrogens is 340 g/mol. The van der Waals surface area contributed by atoms with E-state index in [9.17, 15) is 4.79 Å². The standard InChI is InChI=1S/C22H30N2O3/c1-3-7-19(18-8-5-4-6-9-18)22(25)23-16-20(21-11-10-17(2)27-21)24-12-14-26-15-13-24/h4-6,8-11,19-20H,3,7,12-16H2,1-2H3,(H,23,25). The summed E-state index contributed by atoms with van der Waals surface area (Å²) < 4.78 is 11.4. The lowest BCUT2D eigenvalue weighted by Crippen LogP contribution is -2.44. The number of benzene rings is 1. The maximum absolute atomic E-state index is 13.0. The number of rotatable bonds is 8. The molecule has 146 valence electrons. The predicted molar refractivity (Wildman–Crippen MR) is 106 cm³/mol. The smallest absolute Gasteiger partial charge is 0.227 e. The highest BCUT2D eigenvalue weighted by Gasteiger charge is 2.27. The van der Waals surface area contributed by atoms with Crippen LogP contribution in [0.3, 0.4) is 0 Å². The number of morpholine rings is 1. The largest absolute Gasteiger partial charge is 0.465 e. The highest BCUT2D eigenvalue weighted by atomic mass is 16.5. The number of ether oxygens (including phenoxy) is 1. The molecule has 2 atom stereocenters. The van der Waals surface area contributed by atoms with Gasteiger partial charge in [0, 0.05) is 19.6 Å². The first-order chi connectivity index (χ1) is 13.2. The molecule has 1 N–H and O–H groups in total. The Morgan fingerprint density at radius 2 is 1.89 bits per heavy atom. The van der Waals surface area contributed by atoms with Crippen LogP contribution in [-0.2, 0) is 9.53 Å². The first-order valence-corrected chi connectivity index (χ1v) is 9.89. The second kappa shape index (κ2) is 9.72. The van der Waals surface area contributed by atoms with Crippen LogP contribution in [0.5, 0.6) is 0 Å². The van der Waals surface area contributed by atoms with E-state index in [-0.39, 0.29) is 17.9 Å². The first-order valence-electron chi connectivity index (χ1n) is 9.89. The van der Waals surface area contributed by atoms with Crippen molar-refractivity contribution < 1.29 is 13.9 Å². The highest BCUT2D eigenvalue weighted by molar-refractivity contribution is 5.83. The zero-order valence-electron chi connectivity index (χ0n) is 16.3. The Morgan fingerprint density at radius 1 is 1.15 bits per heavy atom. The summed E-state index contributed by atoms with van der Waals surface area (Å²) in [6.45, 7) is 7.73. The monoisotopic (exact) mass is 370 g/mol. The van der Waals surface area contributed by atoms with Gasteiger partial charge in [0.15, 0.2) is 0 Å². The van der Waals surface area contributed by atoms with E-state index in [1.165, 1.54) is 0 Å². The Hall–Kier alpha value is -2.11. The van der Waals surface area contributed by atoms with Crippen LogP contribution < -0.4 is 5.32 Å². The molecule has 0 radical (unpaired) electrons. The quantitative estimate of drug-likeness (QED) is 0.770. The molecule has 1 saturated heterocycles. The van der Waals surface area contributed by atoms with Crippen molar-refractivity contribution in [2.24, 2.45) is 0 Å². The van der Waals surface area contributed by atoms with Gasteiger partial charge in [-0.1, -0.05) is 43.7 Å². The summed E-state index contributed by atoms with van der Waals surface area (Å²) in [6.07, 6.45) is 1.81. The summed E-state index contributed by atoms with van der Waals surface area (Å²) in [5, 5.41) is 3.19. The Morgan fingerprint density at radius 3 is 2.52 bits per heavy atom. The number of amides is 1. The van der Waals surface area contributed by atoms with Gasteiger partial charge in [-0.05, 0) is 31.0 Å². The number of aryl methyl sites for hydroxylation is 1. The summed E-state index contributed by atoms with van der Waals surface area (Å²) in [7, 11) is 0. The van der Waals surface area contributed by atoms with E-state index < -0.39 is 0 Å². The van der Waals surface area contributed by atoms with Crippen LogP contribution >= 0.6 is 0 Å². The number of hydrogen-bond donors (Lipinski definition) is 1. The van der Waals surface area contributed by atoms with Gasteiger partial charge in [-0.15, -0.1) is 0 Å². The first kappa shape index (κ1) is 19.6. The van der Waals surface area contributed by atoms with Crippen molar-refractivity contribution in [3.05, 3.63) is 59.5 Å². The molecule has 1 fully saturated rings. The van der Waals surface area contributed by atoms with Gasteiger partial charge >= 0.3 is 0 Å². The molecular formula is C22H30N2O3.